The number of halogens is 4. The summed E-state index contributed by atoms with van der Waals surface area (Å²) in [5.74, 6) is 2.52. The number of likely N-dealkylation sites (tertiary alicyclic amines) is 1. The summed E-state index contributed by atoms with van der Waals surface area (Å²) < 4.78 is 45.3. The molecule has 8 nitrogen and oxygen atoms in total. The van der Waals surface area contributed by atoms with Crippen molar-refractivity contribution in [3.05, 3.63) is 11.6 Å². The Balaban J connectivity index is 0.00000480. The summed E-state index contributed by atoms with van der Waals surface area (Å²) in [6, 6.07) is 0. The number of hydrogen-bond acceptors (Lipinski definition) is 5. The van der Waals surface area contributed by atoms with Crippen molar-refractivity contribution in [2.24, 2.45) is 18.0 Å². The highest BCUT2D eigenvalue weighted by Gasteiger charge is 2.33. The van der Waals surface area contributed by atoms with Crippen LogP contribution >= 0.6 is 24.0 Å². The van der Waals surface area contributed by atoms with Gasteiger partial charge in [0, 0.05) is 46.9 Å². The molecule has 1 aliphatic heterocycles. The lowest BCUT2D eigenvalue weighted by molar-refractivity contribution is -0.146. The molecule has 1 aliphatic rings. The van der Waals surface area contributed by atoms with E-state index in [9.17, 15) is 13.2 Å². The van der Waals surface area contributed by atoms with Crippen LogP contribution in [0.4, 0.5) is 13.2 Å². The van der Waals surface area contributed by atoms with E-state index in [0.29, 0.717) is 39.3 Å². The van der Waals surface area contributed by atoms with Gasteiger partial charge >= 0.3 is 6.18 Å². The summed E-state index contributed by atoms with van der Waals surface area (Å²) >= 11 is 0. The summed E-state index contributed by atoms with van der Waals surface area (Å²) in [6.07, 6.45) is -2.49. The Kier molecular flexibility index (Phi) is 12.1. The number of hydrogen-bond donors (Lipinski definition) is 1. The molecule has 0 aliphatic carbocycles. The molecule has 1 saturated heterocycles. The van der Waals surface area contributed by atoms with E-state index in [1.165, 1.54) is 4.90 Å². The molecule has 0 aromatic carbocycles. The van der Waals surface area contributed by atoms with Gasteiger partial charge in [0.2, 0.25) is 0 Å². The third-order valence-electron chi connectivity index (χ3n) is 5.31. The minimum absolute atomic E-state index is 0. The SMILES string of the molecule is CCN(CC1CCN(C(=NCc2nnc(C)n2C)NCCCOC)C1)CC(F)(F)F.I. The molecule has 1 N–H and O–H groups in total. The molecular formula is C19H35F3IN7O. The largest absolute Gasteiger partial charge is 0.401 e. The molecule has 0 amide bonds. The molecule has 2 heterocycles. The first-order chi connectivity index (χ1) is 14.2. The number of rotatable bonds is 10. The van der Waals surface area contributed by atoms with Crippen LogP contribution in [-0.4, -0.2) is 89.7 Å². The number of guanidine groups is 1. The first-order valence-corrected chi connectivity index (χ1v) is 10.4. The minimum atomic E-state index is -4.17. The van der Waals surface area contributed by atoms with Crippen molar-refractivity contribution in [2.75, 3.05) is 53.0 Å². The molecule has 0 saturated carbocycles. The van der Waals surface area contributed by atoms with E-state index in [0.717, 1.165) is 37.0 Å². The van der Waals surface area contributed by atoms with Crippen molar-refractivity contribution in [3.8, 4) is 0 Å². The van der Waals surface area contributed by atoms with E-state index < -0.39 is 12.7 Å². The molecule has 0 radical (unpaired) electrons. The molecular weight excluding hydrogens is 526 g/mol. The number of ether oxygens (including phenoxy) is 1. The number of alkyl halides is 3. The third kappa shape index (κ3) is 9.48. The molecule has 31 heavy (non-hydrogen) atoms. The molecule has 1 aromatic heterocycles. The van der Waals surface area contributed by atoms with Gasteiger partial charge in [0.05, 0.1) is 6.54 Å². The topological polar surface area (TPSA) is 70.8 Å². The first-order valence-electron chi connectivity index (χ1n) is 10.4. The average molecular weight is 561 g/mol. The number of nitrogens with one attached hydrogen (secondary N) is 1. The van der Waals surface area contributed by atoms with Gasteiger partial charge in [-0.25, -0.2) is 4.99 Å². The second kappa shape index (κ2) is 13.4. The molecule has 2 rings (SSSR count). The fourth-order valence-corrected chi connectivity index (χ4v) is 3.52. The number of aliphatic imine (C=N–C) groups is 1. The van der Waals surface area contributed by atoms with E-state index in [1.54, 1.807) is 14.0 Å². The van der Waals surface area contributed by atoms with Crippen molar-refractivity contribution in [1.82, 2.24) is 29.9 Å². The summed E-state index contributed by atoms with van der Waals surface area (Å²) in [5.41, 5.74) is 0. The molecule has 180 valence electrons. The zero-order valence-corrected chi connectivity index (χ0v) is 21.1. The Bertz CT molecular complexity index is 684. The summed E-state index contributed by atoms with van der Waals surface area (Å²) in [4.78, 5) is 8.31. The Morgan fingerprint density at radius 3 is 2.68 bits per heavy atom. The van der Waals surface area contributed by atoms with Gasteiger partial charge in [0.1, 0.15) is 12.4 Å². The van der Waals surface area contributed by atoms with Crippen LogP contribution in [0.1, 0.15) is 31.4 Å². The van der Waals surface area contributed by atoms with Crippen LogP contribution in [0.15, 0.2) is 4.99 Å². The van der Waals surface area contributed by atoms with Crippen LogP contribution in [0.3, 0.4) is 0 Å². The van der Waals surface area contributed by atoms with Gasteiger partial charge in [0.15, 0.2) is 11.8 Å². The van der Waals surface area contributed by atoms with Gasteiger partial charge in [-0.2, -0.15) is 13.2 Å². The maximum Gasteiger partial charge on any atom is 0.401 e. The van der Waals surface area contributed by atoms with E-state index in [1.807, 2.05) is 18.5 Å². The summed E-state index contributed by atoms with van der Waals surface area (Å²) in [6.45, 7) is 6.81. The lowest BCUT2D eigenvalue weighted by Crippen LogP contribution is -2.42. The maximum absolute atomic E-state index is 12.8. The number of aryl methyl sites for hydroxylation is 1. The standard InChI is InChI=1S/C19H34F3N7O.HI/c1-5-28(14-19(20,21)22)12-16-7-9-29(13-16)18(23-8-6-10-30-4)24-11-17-26-25-15(2)27(17)3;/h16H,5-14H2,1-4H3,(H,23,24);1H. The Hall–Kier alpha value is -1.15. The zero-order valence-electron chi connectivity index (χ0n) is 18.8. The number of methoxy groups -OCH3 is 1. The quantitative estimate of drug-likeness (QED) is 0.205. The highest BCUT2D eigenvalue weighted by Crippen LogP contribution is 2.21. The van der Waals surface area contributed by atoms with Crippen molar-refractivity contribution in [1.29, 1.82) is 0 Å². The van der Waals surface area contributed by atoms with Crippen LogP contribution in [0.25, 0.3) is 0 Å². The van der Waals surface area contributed by atoms with Crippen LogP contribution in [0.5, 0.6) is 0 Å². The third-order valence-corrected chi connectivity index (χ3v) is 5.31. The molecule has 0 bridgehead atoms. The van der Waals surface area contributed by atoms with Crippen molar-refractivity contribution >= 4 is 29.9 Å². The fourth-order valence-electron chi connectivity index (χ4n) is 3.52. The van der Waals surface area contributed by atoms with Crippen LogP contribution in [-0.2, 0) is 18.3 Å². The second-order valence-electron chi connectivity index (χ2n) is 7.68. The Morgan fingerprint density at radius 1 is 1.35 bits per heavy atom. The van der Waals surface area contributed by atoms with Gasteiger partial charge in [-0.3, -0.25) is 4.90 Å². The van der Waals surface area contributed by atoms with E-state index >= 15 is 0 Å². The first kappa shape index (κ1) is 27.9. The highest BCUT2D eigenvalue weighted by molar-refractivity contribution is 14.0. The van der Waals surface area contributed by atoms with Crippen LogP contribution < -0.4 is 5.32 Å². The van der Waals surface area contributed by atoms with E-state index in [2.05, 4.69) is 20.4 Å². The van der Waals surface area contributed by atoms with Gasteiger partial charge in [0.25, 0.3) is 0 Å². The predicted molar refractivity (Wildman–Crippen MR) is 125 cm³/mol. The fraction of sp³-hybridized carbons (Fsp3) is 0.842. The molecule has 0 spiro atoms. The highest BCUT2D eigenvalue weighted by atomic mass is 127. The monoisotopic (exact) mass is 561 g/mol. The molecule has 1 atom stereocenters. The Labute approximate surface area is 199 Å². The van der Waals surface area contributed by atoms with E-state index in [-0.39, 0.29) is 29.9 Å². The maximum atomic E-state index is 12.8. The molecule has 1 unspecified atom stereocenters. The van der Waals surface area contributed by atoms with Crippen LogP contribution in [0.2, 0.25) is 0 Å². The minimum Gasteiger partial charge on any atom is -0.385 e. The predicted octanol–water partition coefficient (Wildman–Crippen LogP) is 2.43. The molecule has 12 heteroatoms. The van der Waals surface area contributed by atoms with Crippen molar-refractivity contribution in [3.63, 3.8) is 0 Å². The van der Waals surface area contributed by atoms with Crippen molar-refractivity contribution in [2.45, 2.75) is 39.4 Å². The molecule has 1 aromatic rings. The van der Waals surface area contributed by atoms with E-state index in [4.69, 9.17) is 9.73 Å². The average Bonchev–Trinajstić information content (AvgIpc) is 3.27. The smallest absolute Gasteiger partial charge is 0.385 e. The lowest BCUT2D eigenvalue weighted by Gasteiger charge is -2.26. The number of nitrogens with zero attached hydrogens (tertiary/aromatic N) is 6. The normalized spacial score (nSPS) is 17.4. The summed E-state index contributed by atoms with van der Waals surface area (Å²) in [5, 5.41) is 11.6. The Morgan fingerprint density at radius 2 is 2.10 bits per heavy atom. The van der Waals surface area contributed by atoms with Gasteiger partial charge in [-0.05, 0) is 32.2 Å². The van der Waals surface area contributed by atoms with Crippen LogP contribution in [0, 0.1) is 12.8 Å². The summed E-state index contributed by atoms with van der Waals surface area (Å²) in [7, 11) is 3.56. The van der Waals surface area contributed by atoms with Gasteiger partial charge in [-0.1, -0.05) is 6.92 Å². The van der Waals surface area contributed by atoms with Gasteiger partial charge in [-0.15, -0.1) is 34.2 Å². The zero-order chi connectivity index (χ0) is 22.1. The van der Waals surface area contributed by atoms with Gasteiger partial charge < -0.3 is 19.5 Å². The lowest BCUT2D eigenvalue weighted by atomic mass is 10.1. The van der Waals surface area contributed by atoms with Crippen molar-refractivity contribution < 1.29 is 17.9 Å². The molecule has 1 fully saturated rings. The second-order valence-corrected chi connectivity index (χ2v) is 7.68. The number of aromatic nitrogens is 3.